The molecule has 0 bridgehead atoms. The molecule has 1 N–H and O–H groups in total. The predicted octanol–water partition coefficient (Wildman–Crippen LogP) is 1.66. The van der Waals surface area contributed by atoms with Crippen molar-refractivity contribution in [2.45, 2.75) is 52.2 Å². The van der Waals surface area contributed by atoms with E-state index < -0.39 is 5.54 Å². The average Bonchev–Trinajstić information content (AvgIpc) is 3.01. The number of urea groups is 1. The summed E-state index contributed by atoms with van der Waals surface area (Å²) in [4.78, 5) is 34.0. The van der Waals surface area contributed by atoms with Crippen molar-refractivity contribution in [3.8, 4) is 0 Å². The second-order valence-electron chi connectivity index (χ2n) is 6.48. The normalized spacial score (nSPS) is 25.8. The predicted molar refractivity (Wildman–Crippen MR) is 84.7 cm³/mol. The maximum Gasteiger partial charge on any atom is 0.325 e. The Morgan fingerprint density at radius 3 is 2.64 bits per heavy atom. The van der Waals surface area contributed by atoms with Crippen LogP contribution in [-0.4, -0.2) is 51.4 Å². The monoisotopic (exact) mass is 322 g/mol. The molecule has 2 aliphatic rings. The van der Waals surface area contributed by atoms with E-state index in [1.807, 2.05) is 27.7 Å². The zero-order valence-corrected chi connectivity index (χ0v) is 14.3. The molecule has 0 aliphatic carbocycles. The van der Waals surface area contributed by atoms with Crippen LogP contribution in [0.25, 0.3) is 0 Å². The lowest BCUT2D eigenvalue weighted by Crippen LogP contribution is -2.49. The fraction of sp³-hybridized carbons (Fsp3) is 0.667. The zero-order chi connectivity index (χ0) is 16.1. The molecule has 1 aromatic heterocycles. The Balaban J connectivity index is 1.73. The molecule has 6 nitrogen and oxygen atoms in total. The molecule has 3 heterocycles. The molecule has 3 amide bonds. The Morgan fingerprint density at radius 2 is 2.09 bits per heavy atom. The van der Waals surface area contributed by atoms with Crippen LogP contribution in [0.1, 0.15) is 35.8 Å². The molecular formula is C15H22N4O2S. The number of amides is 3. The molecule has 3 rings (SSSR count). The summed E-state index contributed by atoms with van der Waals surface area (Å²) >= 11 is 1.70. The number of imide groups is 1. The molecule has 2 fully saturated rings. The lowest BCUT2D eigenvalue weighted by atomic mass is 9.98. The third kappa shape index (κ3) is 2.42. The SMILES string of the molecule is Cc1nc(C)c(CN2CC[C@]3(C2)NC(=O)N(C(C)C)C3=O)s1. The van der Waals surface area contributed by atoms with Crippen molar-refractivity contribution >= 4 is 23.3 Å². The lowest BCUT2D eigenvalue weighted by Gasteiger charge is -2.23. The second-order valence-corrected chi connectivity index (χ2v) is 7.77. The molecule has 1 atom stereocenters. The summed E-state index contributed by atoms with van der Waals surface area (Å²) in [5.41, 5.74) is 0.337. The third-order valence-corrected chi connectivity index (χ3v) is 5.48. The minimum Gasteiger partial charge on any atom is -0.322 e. The standard InChI is InChI=1S/C15H22N4O2S/c1-9(2)19-13(20)15(17-14(19)21)5-6-18(8-15)7-12-10(3)16-11(4)22-12/h9H,5-8H2,1-4H3,(H,17,21)/t15-/m1/s1. The van der Waals surface area contributed by atoms with Crippen molar-refractivity contribution in [3.63, 3.8) is 0 Å². The first-order valence-corrected chi connectivity index (χ1v) is 8.45. The quantitative estimate of drug-likeness (QED) is 0.860. The number of rotatable bonds is 3. The number of hydrogen-bond donors (Lipinski definition) is 1. The van der Waals surface area contributed by atoms with Crippen molar-refractivity contribution < 1.29 is 9.59 Å². The van der Waals surface area contributed by atoms with E-state index in [9.17, 15) is 9.59 Å². The highest BCUT2D eigenvalue weighted by molar-refractivity contribution is 7.11. The molecule has 2 saturated heterocycles. The van der Waals surface area contributed by atoms with Gasteiger partial charge in [-0.3, -0.25) is 14.6 Å². The van der Waals surface area contributed by atoms with Crippen LogP contribution in [0.4, 0.5) is 4.79 Å². The van der Waals surface area contributed by atoms with Crippen LogP contribution in [-0.2, 0) is 11.3 Å². The van der Waals surface area contributed by atoms with Crippen molar-refractivity contribution in [2.75, 3.05) is 13.1 Å². The molecule has 7 heteroatoms. The molecule has 22 heavy (non-hydrogen) atoms. The van der Waals surface area contributed by atoms with Gasteiger partial charge in [0.05, 0.1) is 10.7 Å². The van der Waals surface area contributed by atoms with Crippen molar-refractivity contribution in [1.29, 1.82) is 0 Å². The first-order chi connectivity index (χ1) is 10.3. The number of likely N-dealkylation sites (tertiary alicyclic amines) is 1. The largest absolute Gasteiger partial charge is 0.325 e. The molecule has 1 aromatic rings. The van der Waals surface area contributed by atoms with Crippen molar-refractivity contribution in [2.24, 2.45) is 0 Å². The van der Waals surface area contributed by atoms with Crippen molar-refractivity contribution in [3.05, 3.63) is 15.6 Å². The van der Waals surface area contributed by atoms with Crippen LogP contribution in [0.2, 0.25) is 0 Å². The Bertz CT molecular complexity index is 627. The summed E-state index contributed by atoms with van der Waals surface area (Å²) in [5, 5.41) is 4.00. The van der Waals surface area contributed by atoms with E-state index in [1.165, 1.54) is 9.78 Å². The number of hydrogen-bond acceptors (Lipinski definition) is 5. The highest BCUT2D eigenvalue weighted by atomic mass is 32.1. The summed E-state index contributed by atoms with van der Waals surface area (Å²) in [6.45, 7) is 9.95. The van der Waals surface area contributed by atoms with Crippen LogP contribution in [0.15, 0.2) is 0 Å². The van der Waals surface area contributed by atoms with Gasteiger partial charge in [0.2, 0.25) is 0 Å². The fourth-order valence-corrected chi connectivity index (χ4v) is 4.31. The maximum atomic E-state index is 12.7. The van der Waals surface area contributed by atoms with E-state index >= 15 is 0 Å². The second kappa shape index (κ2) is 5.31. The van der Waals surface area contributed by atoms with Gasteiger partial charge in [-0.05, 0) is 34.1 Å². The molecule has 0 saturated carbocycles. The molecule has 0 aromatic carbocycles. The summed E-state index contributed by atoms with van der Waals surface area (Å²) < 4.78 is 0. The summed E-state index contributed by atoms with van der Waals surface area (Å²) in [5.74, 6) is -0.0767. The van der Waals surface area contributed by atoms with Crippen LogP contribution >= 0.6 is 11.3 Å². The number of nitrogens with zero attached hydrogens (tertiary/aromatic N) is 3. The number of carbonyl (C=O) groups is 2. The van der Waals surface area contributed by atoms with Crippen LogP contribution in [0, 0.1) is 13.8 Å². The molecular weight excluding hydrogens is 300 g/mol. The maximum absolute atomic E-state index is 12.7. The van der Waals surface area contributed by atoms with E-state index in [-0.39, 0.29) is 18.0 Å². The summed E-state index contributed by atoms with van der Waals surface area (Å²) in [6, 6.07) is -0.362. The van der Waals surface area contributed by atoms with Gasteiger partial charge < -0.3 is 5.32 Å². The zero-order valence-electron chi connectivity index (χ0n) is 13.5. The van der Waals surface area contributed by atoms with Gasteiger partial charge in [0.25, 0.3) is 5.91 Å². The number of aromatic nitrogens is 1. The van der Waals surface area contributed by atoms with Gasteiger partial charge in [-0.15, -0.1) is 11.3 Å². The topological polar surface area (TPSA) is 65.5 Å². The van der Waals surface area contributed by atoms with E-state index in [4.69, 9.17) is 0 Å². The van der Waals surface area contributed by atoms with Crippen LogP contribution in [0.5, 0.6) is 0 Å². The van der Waals surface area contributed by atoms with Crippen molar-refractivity contribution in [1.82, 2.24) is 20.1 Å². The molecule has 0 radical (unpaired) electrons. The van der Waals surface area contributed by atoms with Crippen LogP contribution < -0.4 is 5.32 Å². The van der Waals surface area contributed by atoms with E-state index in [2.05, 4.69) is 15.2 Å². The molecule has 1 spiro atoms. The molecule has 0 unspecified atom stereocenters. The van der Waals surface area contributed by atoms with Gasteiger partial charge in [-0.25, -0.2) is 9.78 Å². The van der Waals surface area contributed by atoms with Crippen LogP contribution in [0.3, 0.4) is 0 Å². The first-order valence-electron chi connectivity index (χ1n) is 7.63. The van der Waals surface area contributed by atoms with E-state index in [1.54, 1.807) is 11.3 Å². The highest BCUT2D eigenvalue weighted by Gasteiger charge is 2.55. The first kappa shape index (κ1) is 15.4. The molecule has 2 aliphatic heterocycles. The van der Waals surface area contributed by atoms with Gasteiger partial charge in [-0.1, -0.05) is 0 Å². The number of carbonyl (C=O) groups excluding carboxylic acids is 2. The Labute approximate surface area is 134 Å². The number of thiazole rings is 1. The van der Waals surface area contributed by atoms with Gasteiger partial charge in [-0.2, -0.15) is 0 Å². The minimum atomic E-state index is -0.727. The van der Waals surface area contributed by atoms with Gasteiger partial charge in [0.15, 0.2) is 0 Å². The fourth-order valence-electron chi connectivity index (χ4n) is 3.33. The third-order valence-electron chi connectivity index (χ3n) is 4.42. The van der Waals surface area contributed by atoms with Gasteiger partial charge >= 0.3 is 6.03 Å². The highest BCUT2D eigenvalue weighted by Crippen LogP contribution is 2.31. The van der Waals surface area contributed by atoms with E-state index in [0.717, 1.165) is 23.8 Å². The Hall–Kier alpha value is -1.47. The minimum absolute atomic E-state index is 0.0767. The number of aryl methyl sites for hydroxylation is 2. The Kier molecular flexibility index (Phi) is 3.72. The Morgan fingerprint density at radius 1 is 1.36 bits per heavy atom. The van der Waals surface area contributed by atoms with Gasteiger partial charge in [0.1, 0.15) is 5.54 Å². The smallest absolute Gasteiger partial charge is 0.322 e. The van der Waals surface area contributed by atoms with Gasteiger partial charge in [0, 0.05) is 30.6 Å². The number of nitrogens with one attached hydrogen (secondary N) is 1. The summed E-state index contributed by atoms with van der Waals surface area (Å²) in [7, 11) is 0. The lowest BCUT2D eigenvalue weighted by molar-refractivity contribution is -0.132. The molecule has 120 valence electrons. The average molecular weight is 322 g/mol. The van der Waals surface area contributed by atoms with E-state index in [0.29, 0.717) is 13.0 Å². The summed E-state index contributed by atoms with van der Waals surface area (Å²) in [6.07, 6.45) is 0.678.